The molecule has 3 heteroatoms. The van der Waals surface area contributed by atoms with Crippen molar-refractivity contribution in [2.75, 3.05) is 19.7 Å². The lowest BCUT2D eigenvalue weighted by Crippen LogP contribution is -2.26. The average Bonchev–Trinajstić information content (AvgIpc) is 3.75. The van der Waals surface area contributed by atoms with Crippen LogP contribution < -0.4 is 0 Å². The molecule has 1 aliphatic carbocycles. The highest BCUT2D eigenvalue weighted by molar-refractivity contribution is 5.98. The van der Waals surface area contributed by atoms with Gasteiger partial charge in [-0.15, -0.1) is 0 Å². The lowest BCUT2D eigenvalue weighted by molar-refractivity contribution is 0.290. The molecule has 0 unspecified atom stereocenters. The number of aromatic hydroxyl groups is 1. The van der Waals surface area contributed by atoms with E-state index >= 15 is 0 Å². The fraction of sp³-hybridized carbons (Fsp3) is 0.312. The molecule has 2 aliphatic rings. The highest BCUT2D eigenvalue weighted by Crippen LogP contribution is 2.37. The summed E-state index contributed by atoms with van der Waals surface area (Å²) in [4.78, 5) is 2.64. The molecule has 0 spiro atoms. The molecular weight excluding hydrogens is 430 g/mol. The lowest BCUT2D eigenvalue weighted by Gasteiger charge is -2.18. The summed E-state index contributed by atoms with van der Waals surface area (Å²) in [5, 5.41) is 19.5. The molecule has 1 heterocycles. The van der Waals surface area contributed by atoms with E-state index in [0.29, 0.717) is 6.42 Å². The molecule has 0 atom stereocenters. The third-order valence-corrected chi connectivity index (χ3v) is 7.24. The minimum Gasteiger partial charge on any atom is -0.508 e. The molecule has 2 N–H and O–H groups in total. The molecule has 1 saturated carbocycles. The normalized spacial score (nSPS) is 17.5. The quantitative estimate of drug-likeness (QED) is 0.361. The van der Waals surface area contributed by atoms with Crippen molar-refractivity contribution < 1.29 is 10.2 Å². The van der Waals surface area contributed by atoms with Crippen LogP contribution in [0, 0.1) is 0 Å². The fourth-order valence-corrected chi connectivity index (χ4v) is 5.23. The van der Waals surface area contributed by atoms with E-state index in [4.69, 9.17) is 0 Å². The van der Waals surface area contributed by atoms with Crippen molar-refractivity contribution in [1.29, 1.82) is 0 Å². The molecule has 35 heavy (non-hydrogen) atoms. The molecular formula is C32H35NO2. The monoisotopic (exact) mass is 465 g/mol. The van der Waals surface area contributed by atoms with Crippen molar-refractivity contribution >= 4 is 16.7 Å². The molecule has 5 rings (SSSR count). The van der Waals surface area contributed by atoms with Gasteiger partial charge in [0.2, 0.25) is 0 Å². The van der Waals surface area contributed by atoms with Gasteiger partial charge >= 0.3 is 0 Å². The Balaban J connectivity index is 1.53. The Bertz CT molecular complexity index is 1170. The van der Waals surface area contributed by atoms with Crippen LogP contribution in [-0.4, -0.2) is 40.9 Å². The first-order valence-corrected chi connectivity index (χ1v) is 13.0. The Kier molecular flexibility index (Phi) is 7.46. The maximum absolute atomic E-state index is 9.91. The number of allylic oxidation sites excluding steroid dienone is 2. The van der Waals surface area contributed by atoms with Gasteiger partial charge in [0.1, 0.15) is 5.75 Å². The molecule has 180 valence electrons. The Labute approximate surface area is 209 Å². The van der Waals surface area contributed by atoms with E-state index in [1.807, 2.05) is 18.2 Å². The third-order valence-electron chi connectivity index (χ3n) is 7.24. The van der Waals surface area contributed by atoms with E-state index in [-0.39, 0.29) is 12.4 Å². The number of nitrogens with zero attached hydrogens (tertiary/aromatic N) is 1. The van der Waals surface area contributed by atoms with Crippen LogP contribution >= 0.6 is 0 Å². The number of aliphatic hydroxyl groups is 1. The largest absolute Gasteiger partial charge is 0.508 e. The zero-order valence-corrected chi connectivity index (χ0v) is 20.4. The highest BCUT2D eigenvalue weighted by Gasteiger charge is 2.28. The topological polar surface area (TPSA) is 43.7 Å². The Morgan fingerprint density at radius 2 is 1.51 bits per heavy atom. The first-order valence-electron chi connectivity index (χ1n) is 13.0. The van der Waals surface area contributed by atoms with Crippen LogP contribution in [0.4, 0.5) is 0 Å². The summed E-state index contributed by atoms with van der Waals surface area (Å²) in [5.41, 5.74) is 8.54. The molecule has 0 radical (unpaired) electrons. The average molecular weight is 466 g/mol. The van der Waals surface area contributed by atoms with Crippen LogP contribution in [0.5, 0.6) is 5.75 Å². The summed E-state index contributed by atoms with van der Waals surface area (Å²) < 4.78 is 0. The standard InChI is InChI=1S/C32H35NO2/c34-23-5-9-31(26-6-2-1-3-7-26)32(28-14-18-30(35)19-15-28)27-12-10-25(11-13-27)24-8-4-21-33(22-20-24)29-16-17-29/h1-3,6-7,10-15,18-20,29,34-35H,4-5,8-9,16-17,21-23H2/b32-31+. The summed E-state index contributed by atoms with van der Waals surface area (Å²) >= 11 is 0. The van der Waals surface area contributed by atoms with Gasteiger partial charge in [-0.2, -0.15) is 0 Å². The van der Waals surface area contributed by atoms with Gasteiger partial charge in [0.25, 0.3) is 0 Å². The van der Waals surface area contributed by atoms with Gasteiger partial charge in [0.15, 0.2) is 0 Å². The van der Waals surface area contributed by atoms with Crippen molar-refractivity contribution in [2.45, 2.75) is 44.6 Å². The van der Waals surface area contributed by atoms with Crippen molar-refractivity contribution in [1.82, 2.24) is 4.90 Å². The van der Waals surface area contributed by atoms with Crippen molar-refractivity contribution in [2.24, 2.45) is 0 Å². The molecule has 1 fully saturated rings. The van der Waals surface area contributed by atoms with Gasteiger partial charge in [-0.25, -0.2) is 0 Å². The summed E-state index contributed by atoms with van der Waals surface area (Å²) in [5.74, 6) is 0.264. The zero-order chi connectivity index (χ0) is 24.0. The molecule has 3 aromatic carbocycles. The Morgan fingerprint density at radius 3 is 2.17 bits per heavy atom. The number of hydrogen-bond acceptors (Lipinski definition) is 3. The fourth-order valence-electron chi connectivity index (χ4n) is 5.23. The second-order valence-corrected chi connectivity index (χ2v) is 9.73. The summed E-state index contributed by atoms with van der Waals surface area (Å²) in [6.07, 6.45) is 9.01. The Hall–Kier alpha value is -3.14. The number of hydrogen-bond donors (Lipinski definition) is 2. The summed E-state index contributed by atoms with van der Waals surface area (Å²) in [7, 11) is 0. The summed E-state index contributed by atoms with van der Waals surface area (Å²) in [6.45, 7) is 2.44. The van der Waals surface area contributed by atoms with Gasteiger partial charge in [0, 0.05) is 19.2 Å². The first kappa shape index (κ1) is 23.6. The molecule has 3 nitrogen and oxygen atoms in total. The third kappa shape index (κ3) is 5.75. The van der Waals surface area contributed by atoms with Crippen molar-refractivity contribution in [3.63, 3.8) is 0 Å². The second-order valence-electron chi connectivity index (χ2n) is 9.73. The number of phenolic OH excluding ortho intramolecular Hbond substituents is 1. The van der Waals surface area contributed by atoms with Gasteiger partial charge in [-0.1, -0.05) is 72.8 Å². The van der Waals surface area contributed by atoms with Crippen LogP contribution in [0.25, 0.3) is 16.7 Å². The minimum atomic E-state index is 0.157. The maximum Gasteiger partial charge on any atom is 0.115 e. The van der Waals surface area contributed by atoms with Crippen molar-refractivity contribution in [3.8, 4) is 5.75 Å². The summed E-state index contributed by atoms with van der Waals surface area (Å²) in [6, 6.07) is 27.8. The number of aliphatic hydroxyl groups excluding tert-OH is 1. The van der Waals surface area contributed by atoms with Crippen LogP contribution in [0.2, 0.25) is 0 Å². The molecule has 3 aromatic rings. The van der Waals surface area contributed by atoms with Crippen LogP contribution in [0.15, 0.2) is 84.9 Å². The molecule has 0 aromatic heterocycles. The van der Waals surface area contributed by atoms with E-state index in [2.05, 4.69) is 59.5 Å². The van der Waals surface area contributed by atoms with Gasteiger partial charge in [-0.05, 0) is 96.2 Å². The van der Waals surface area contributed by atoms with Crippen LogP contribution in [-0.2, 0) is 0 Å². The molecule has 0 bridgehead atoms. The second kappa shape index (κ2) is 11.1. The van der Waals surface area contributed by atoms with Gasteiger partial charge in [0.05, 0.1) is 0 Å². The zero-order valence-electron chi connectivity index (χ0n) is 20.4. The van der Waals surface area contributed by atoms with E-state index in [9.17, 15) is 10.2 Å². The maximum atomic E-state index is 9.91. The number of rotatable bonds is 8. The lowest BCUT2D eigenvalue weighted by atomic mass is 9.86. The molecule has 0 amide bonds. The smallest absolute Gasteiger partial charge is 0.115 e. The number of phenols is 1. The number of benzene rings is 3. The van der Waals surface area contributed by atoms with Gasteiger partial charge < -0.3 is 10.2 Å². The minimum absolute atomic E-state index is 0.157. The van der Waals surface area contributed by atoms with E-state index in [0.717, 1.165) is 42.1 Å². The highest BCUT2D eigenvalue weighted by atomic mass is 16.3. The Morgan fingerprint density at radius 1 is 0.829 bits per heavy atom. The van der Waals surface area contributed by atoms with Crippen LogP contribution in [0.3, 0.4) is 0 Å². The van der Waals surface area contributed by atoms with Crippen molar-refractivity contribution in [3.05, 3.63) is 107 Å². The molecule has 1 aliphatic heterocycles. The van der Waals surface area contributed by atoms with Crippen LogP contribution in [0.1, 0.15) is 60.8 Å². The predicted octanol–water partition coefficient (Wildman–Crippen LogP) is 6.77. The van der Waals surface area contributed by atoms with E-state index < -0.39 is 0 Å². The predicted molar refractivity (Wildman–Crippen MR) is 145 cm³/mol. The SMILES string of the molecule is OCCC/C(=C(\c1ccc(O)cc1)c1ccc(C2=CCN(C3CC3)CCC2)cc1)c1ccccc1. The first-order chi connectivity index (χ1) is 17.2. The van der Waals surface area contributed by atoms with Gasteiger partial charge in [-0.3, -0.25) is 4.90 Å². The molecule has 0 saturated heterocycles. The van der Waals surface area contributed by atoms with E-state index in [1.54, 1.807) is 12.1 Å². The van der Waals surface area contributed by atoms with E-state index in [1.165, 1.54) is 48.1 Å².